The monoisotopic (exact) mass is 367 g/mol. The number of pyridine rings is 1. The number of hydrogen-bond donors (Lipinski definition) is 1. The quantitative estimate of drug-likeness (QED) is 0.832. The van der Waals surface area contributed by atoms with E-state index in [1.54, 1.807) is 11.3 Å². The minimum atomic E-state index is 0.106. The van der Waals surface area contributed by atoms with Gasteiger partial charge in [-0.3, -0.25) is 4.98 Å². The molecule has 104 valence electrons. The number of likely N-dealkylation sites (N-methyl/N-ethyl adjacent to an activating group) is 1. The van der Waals surface area contributed by atoms with E-state index in [0.717, 1.165) is 21.1 Å². The molecule has 6 heteroatoms. The van der Waals surface area contributed by atoms with Crippen molar-refractivity contribution in [2.24, 2.45) is 0 Å². The zero-order valence-corrected chi connectivity index (χ0v) is 14.1. The summed E-state index contributed by atoms with van der Waals surface area (Å²) in [5, 5.41) is 4.22. The van der Waals surface area contributed by atoms with Crippen molar-refractivity contribution in [2.75, 3.05) is 6.54 Å². The first-order chi connectivity index (χ1) is 9.70. The summed E-state index contributed by atoms with van der Waals surface area (Å²) < 4.78 is 1.14. The van der Waals surface area contributed by atoms with E-state index >= 15 is 0 Å². The van der Waals surface area contributed by atoms with Gasteiger partial charge in [-0.05, 0) is 59.3 Å². The summed E-state index contributed by atoms with van der Waals surface area (Å²) in [5.74, 6) is 0. The zero-order valence-electron chi connectivity index (χ0n) is 10.9. The Morgan fingerprint density at radius 2 is 2.25 bits per heavy atom. The molecule has 2 aromatic rings. The number of nitrogens with zero attached hydrogens (tertiary/aromatic N) is 2. The third-order valence-electron chi connectivity index (χ3n) is 3.42. The maximum atomic E-state index is 5.48. The number of nitrogens with one attached hydrogen (secondary N) is 1. The number of aromatic nitrogens is 1. The van der Waals surface area contributed by atoms with E-state index in [0.29, 0.717) is 0 Å². The van der Waals surface area contributed by atoms with Gasteiger partial charge in [0.2, 0.25) is 0 Å². The number of halogens is 1. The first-order valence-electron chi connectivity index (χ1n) is 6.44. The lowest BCUT2D eigenvalue weighted by molar-refractivity contribution is 0.335. The SMILES string of the molecule is CCN1C(=S)N[C@@H](c2ccccn2)[C@H]1c1ccc(Br)s1. The molecule has 2 atom stereocenters. The minimum absolute atomic E-state index is 0.106. The fourth-order valence-corrected chi connectivity index (χ4v) is 4.49. The van der Waals surface area contributed by atoms with E-state index in [4.69, 9.17) is 12.2 Å². The highest BCUT2D eigenvalue weighted by molar-refractivity contribution is 9.11. The molecule has 3 nitrogen and oxygen atoms in total. The van der Waals surface area contributed by atoms with Crippen molar-refractivity contribution in [3.63, 3.8) is 0 Å². The number of rotatable bonds is 3. The fraction of sp³-hybridized carbons (Fsp3) is 0.286. The number of thiocarbonyl (C=S) groups is 1. The van der Waals surface area contributed by atoms with Gasteiger partial charge in [0.1, 0.15) is 0 Å². The van der Waals surface area contributed by atoms with E-state index in [1.807, 2.05) is 18.3 Å². The van der Waals surface area contributed by atoms with Gasteiger partial charge < -0.3 is 10.2 Å². The molecule has 0 saturated carbocycles. The van der Waals surface area contributed by atoms with Crippen molar-refractivity contribution in [1.29, 1.82) is 0 Å². The van der Waals surface area contributed by atoms with Crippen molar-refractivity contribution >= 4 is 44.6 Å². The Hall–Kier alpha value is -0.980. The van der Waals surface area contributed by atoms with Gasteiger partial charge in [-0.25, -0.2) is 0 Å². The second-order valence-corrected chi connectivity index (χ2v) is 7.44. The largest absolute Gasteiger partial charge is 0.352 e. The van der Waals surface area contributed by atoms with Crippen LogP contribution < -0.4 is 5.32 Å². The van der Waals surface area contributed by atoms with Crippen molar-refractivity contribution in [2.45, 2.75) is 19.0 Å². The van der Waals surface area contributed by atoms with E-state index in [1.165, 1.54) is 4.88 Å². The van der Waals surface area contributed by atoms with Crippen molar-refractivity contribution < 1.29 is 0 Å². The van der Waals surface area contributed by atoms with Crippen LogP contribution in [0, 0.1) is 0 Å². The van der Waals surface area contributed by atoms with E-state index in [-0.39, 0.29) is 12.1 Å². The van der Waals surface area contributed by atoms with Crippen molar-refractivity contribution in [3.05, 3.63) is 50.9 Å². The molecule has 1 fully saturated rings. The molecule has 0 amide bonds. The molecule has 3 heterocycles. The first kappa shape index (κ1) is 14.0. The van der Waals surface area contributed by atoms with Crippen LogP contribution in [-0.2, 0) is 0 Å². The van der Waals surface area contributed by atoms with Gasteiger partial charge in [-0.1, -0.05) is 6.07 Å². The average Bonchev–Trinajstić information content (AvgIpc) is 3.03. The van der Waals surface area contributed by atoms with Crippen LogP contribution >= 0.6 is 39.5 Å². The summed E-state index contributed by atoms with van der Waals surface area (Å²) in [7, 11) is 0. The molecule has 1 saturated heterocycles. The molecule has 0 bridgehead atoms. The highest BCUT2D eigenvalue weighted by Gasteiger charge is 2.39. The van der Waals surface area contributed by atoms with Crippen LogP contribution in [0.1, 0.15) is 29.6 Å². The third-order valence-corrected chi connectivity index (χ3v) is 5.47. The molecule has 1 aliphatic rings. The molecule has 0 aliphatic carbocycles. The zero-order chi connectivity index (χ0) is 14.1. The Morgan fingerprint density at radius 1 is 1.40 bits per heavy atom. The summed E-state index contributed by atoms with van der Waals surface area (Å²) in [6.07, 6.45) is 1.83. The summed E-state index contributed by atoms with van der Waals surface area (Å²) in [6, 6.07) is 10.6. The van der Waals surface area contributed by atoms with Crippen molar-refractivity contribution in [3.8, 4) is 0 Å². The maximum Gasteiger partial charge on any atom is 0.170 e. The molecule has 1 aliphatic heterocycles. The summed E-state index contributed by atoms with van der Waals surface area (Å²) in [4.78, 5) is 8.01. The van der Waals surface area contributed by atoms with Gasteiger partial charge in [0.05, 0.1) is 21.6 Å². The lowest BCUT2D eigenvalue weighted by atomic mass is 10.0. The lowest BCUT2D eigenvalue weighted by Gasteiger charge is -2.25. The normalized spacial score (nSPS) is 22.1. The van der Waals surface area contributed by atoms with Crippen LogP contribution in [0.2, 0.25) is 0 Å². The summed E-state index contributed by atoms with van der Waals surface area (Å²) in [5.41, 5.74) is 1.03. The predicted octanol–water partition coefficient (Wildman–Crippen LogP) is 3.90. The van der Waals surface area contributed by atoms with E-state index in [2.05, 4.69) is 56.3 Å². The standard InChI is InChI=1S/C14H14BrN3S2/c1-2-18-13(10-6-7-11(15)20-10)12(17-14(18)19)9-5-3-4-8-16-9/h3-8,12-13H,2H2,1H3,(H,17,19)/t12-,13+/m0/s1. The molecule has 1 N–H and O–H groups in total. The van der Waals surface area contributed by atoms with Gasteiger partial charge in [0.25, 0.3) is 0 Å². The second-order valence-electron chi connectivity index (χ2n) is 4.55. The Morgan fingerprint density at radius 3 is 2.85 bits per heavy atom. The molecule has 20 heavy (non-hydrogen) atoms. The van der Waals surface area contributed by atoms with Gasteiger partial charge in [0, 0.05) is 17.6 Å². The second kappa shape index (κ2) is 5.79. The van der Waals surface area contributed by atoms with E-state index < -0.39 is 0 Å². The van der Waals surface area contributed by atoms with Crippen LogP contribution in [0.5, 0.6) is 0 Å². The van der Waals surface area contributed by atoms with Gasteiger partial charge in [-0.2, -0.15) is 0 Å². The Bertz CT molecular complexity index is 614. The molecular weight excluding hydrogens is 354 g/mol. The Kier molecular flexibility index (Phi) is 4.05. The maximum absolute atomic E-state index is 5.48. The highest BCUT2D eigenvalue weighted by Crippen LogP contribution is 2.41. The average molecular weight is 368 g/mol. The van der Waals surface area contributed by atoms with E-state index in [9.17, 15) is 0 Å². The van der Waals surface area contributed by atoms with Gasteiger partial charge >= 0.3 is 0 Å². The molecule has 2 aromatic heterocycles. The van der Waals surface area contributed by atoms with Gasteiger partial charge in [0.15, 0.2) is 5.11 Å². The Balaban J connectivity index is 2.02. The smallest absolute Gasteiger partial charge is 0.170 e. The van der Waals surface area contributed by atoms with Crippen LogP contribution in [0.3, 0.4) is 0 Å². The topological polar surface area (TPSA) is 28.2 Å². The molecule has 0 aromatic carbocycles. The van der Waals surface area contributed by atoms with Crippen molar-refractivity contribution in [1.82, 2.24) is 15.2 Å². The minimum Gasteiger partial charge on any atom is -0.352 e. The molecule has 0 radical (unpaired) electrons. The van der Waals surface area contributed by atoms with Crippen LogP contribution in [-0.4, -0.2) is 21.5 Å². The summed E-state index contributed by atoms with van der Waals surface area (Å²) in [6.45, 7) is 3.01. The summed E-state index contributed by atoms with van der Waals surface area (Å²) >= 11 is 10.8. The Labute approximate surface area is 136 Å². The third kappa shape index (κ3) is 2.47. The van der Waals surface area contributed by atoms with Gasteiger partial charge in [-0.15, -0.1) is 11.3 Å². The van der Waals surface area contributed by atoms with Crippen LogP contribution in [0.25, 0.3) is 0 Å². The lowest BCUT2D eigenvalue weighted by Crippen LogP contribution is -2.28. The van der Waals surface area contributed by atoms with Crippen LogP contribution in [0.4, 0.5) is 0 Å². The number of hydrogen-bond acceptors (Lipinski definition) is 3. The molecule has 0 spiro atoms. The fourth-order valence-electron chi connectivity index (χ4n) is 2.54. The molecule has 0 unspecified atom stereocenters. The molecular formula is C14H14BrN3S2. The number of thiophene rings is 1. The molecule has 3 rings (SSSR count). The van der Waals surface area contributed by atoms with Crippen LogP contribution in [0.15, 0.2) is 40.3 Å². The first-order valence-corrected chi connectivity index (χ1v) is 8.45. The predicted molar refractivity (Wildman–Crippen MR) is 89.9 cm³/mol. The highest BCUT2D eigenvalue weighted by atomic mass is 79.9.